The molecule has 1 aromatic carbocycles. The molecule has 0 aromatic heterocycles. The zero-order valence-corrected chi connectivity index (χ0v) is 12.4. The average Bonchev–Trinajstić information content (AvgIpc) is 2.39. The van der Waals surface area contributed by atoms with Crippen molar-refractivity contribution in [2.75, 3.05) is 31.7 Å². The number of ether oxygens (including phenoxy) is 1. The van der Waals surface area contributed by atoms with Crippen molar-refractivity contribution < 1.29 is 14.3 Å². The molecule has 0 radical (unpaired) electrons. The highest BCUT2D eigenvalue weighted by molar-refractivity contribution is 6.30. The molecule has 110 valence electrons. The first-order valence-corrected chi connectivity index (χ1v) is 6.71. The van der Waals surface area contributed by atoms with Gasteiger partial charge in [-0.05, 0) is 18.2 Å². The Kier molecular flexibility index (Phi) is 7.04. The SMILES string of the molecule is COCCNC(=O)CCN(C(C)=O)c1cccc(Cl)c1. The van der Waals surface area contributed by atoms with E-state index in [0.717, 1.165) is 0 Å². The molecule has 0 atom stereocenters. The maximum absolute atomic E-state index is 11.7. The van der Waals surface area contributed by atoms with Crippen LogP contribution in [0.15, 0.2) is 24.3 Å². The lowest BCUT2D eigenvalue weighted by molar-refractivity contribution is -0.121. The Bertz CT molecular complexity index is 465. The number of halogens is 1. The summed E-state index contributed by atoms with van der Waals surface area (Å²) in [4.78, 5) is 24.8. The Labute approximate surface area is 123 Å². The number of amides is 2. The zero-order valence-electron chi connectivity index (χ0n) is 11.7. The summed E-state index contributed by atoms with van der Waals surface area (Å²) in [6.45, 7) is 2.71. The van der Waals surface area contributed by atoms with Crippen molar-refractivity contribution >= 4 is 29.1 Å². The van der Waals surface area contributed by atoms with Crippen LogP contribution in [0.1, 0.15) is 13.3 Å². The van der Waals surface area contributed by atoms with Gasteiger partial charge in [0.1, 0.15) is 0 Å². The van der Waals surface area contributed by atoms with Gasteiger partial charge in [0, 0.05) is 44.3 Å². The van der Waals surface area contributed by atoms with Crippen LogP contribution >= 0.6 is 11.6 Å². The molecule has 0 aliphatic heterocycles. The molecule has 20 heavy (non-hydrogen) atoms. The van der Waals surface area contributed by atoms with Crippen molar-refractivity contribution in [3.8, 4) is 0 Å². The molecule has 1 aromatic rings. The Balaban J connectivity index is 2.56. The highest BCUT2D eigenvalue weighted by atomic mass is 35.5. The zero-order chi connectivity index (χ0) is 15.0. The fourth-order valence-electron chi connectivity index (χ4n) is 1.71. The van der Waals surface area contributed by atoms with E-state index in [1.165, 1.54) is 11.8 Å². The van der Waals surface area contributed by atoms with E-state index < -0.39 is 0 Å². The van der Waals surface area contributed by atoms with Crippen molar-refractivity contribution in [2.45, 2.75) is 13.3 Å². The number of carbonyl (C=O) groups is 2. The first-order valence-electron chi connectivity index (χ1n) is 6.34. The van der Waals surface area contributed by atoms with Crippen molar-refractivity contribution in [1.82, 2.24) is 5.32 Å². The molecule has 0 aliphatic carbocycles. The van der Waals surface area contributed by atoms with E-state index in [4.69, 9.17) is 16.3 Å². The molecule has 0 spiro atoms. The van der Waals surface area contributed by atoms with Gasteiger partial charge in [-0.3, -0.25) is 9.59 Å². The van der Waals surface area contributed by atoms with Crippen LogP contribution in [0.2, 0.25) is 5.02 Å². The van der Waals surface area contributed by atoms with Crippen LogP contribution in [0.5, 0.6) is 0 Å². The minimum absolute atomic E-state index is 0.115. The number of nitrogens with zero attached hydrogens (tertiary/aromatic N) is 1. The Morgan fingerprint density at radius 2 is 2.15 bits per heavy atom. The van der Waals surface area contributed by atoms with E-state index in [-0.39, 0.29) is 18.2 Å². The number of hydrogen-bond donors (Lipinski definition) is 1. The third-order valence-electron chi connectivity index (χ3n) is 2.69. The Morgan fingerprint density at radius 3 is 2.75 bits per heavy atom. The van der Waals surface area contributed by atoms with Gasteiger partial charge >= 0.3 is 0 Å². The third-order valence-corrected chi connectivity index (χ3v) is 2.93. The van der Waals surface area contributed by atoms with E-state index in [2.05, 4.69) is 5.32 Å². The first-order chi connectivity index (χ1) is 9.54. The van der Waals surface area contributed by atoms with E-state index in [9.17, 15) is 9.59 Å². The van der Waals surface area contributed by atoms with Crippen LogP contribution in [0.4, 0.5) is 5.69 Å². The molecule has 6 heteroatoms. The lowest BCUT2D eigenvalue weighted by Gasteiger charge is -2.21. The lowest BCUT2D eigenvalue weighted by atomic mass is 10.2. The van der Waals surface area contributed by atoms with Crippen LogP contribution in [0, 0.1) is 0 Å². The van der Waals surface area contributed by atoms with Crippen molar-refractivity contribution in [1.29, 1.82) is 0 Å². The summed E-state index contributed by atoms with van der Waals surface area (Å²) in [5.74, 6) is -0.243. The van der Waals surface area contributed by atoms with Crippen LogP contribution in [0.3, 0.4) is 0 Å². The molecule has 0 saturated carbocycles. The van der Waals surface area contributed by atoms with E-state index in [1.54, 1.807) is 31.4 Å². The molecular weight excluding hydrogens is 280 g/mol. The van der Waals surface area contributed by atoms with Gasteiger partial charge < -0.3 is 15.0 Å². The van der Waals surface area contributed by atoms with Crippen LogP contribution in [0.25, 0.3) is 0 Å². The largest absolute Gasteiger partial charge is 0.383 e. The summed E-state index contributed by atoms with van der Waals surface area (Å²) in [6.07, 6.45) is 0.232. The highest BCUT2D eigenvalue weighted by Crippen LogP contribution is 2.19. The highest BCUT2D eigenvalue weighted by Gasteiger charge is 2.13. The molecule has 2 amide bonds. The van der Waals surface area contributed by atoms with Crippen molar-refractivity contribution in [3.63, 3.8) is 0 Å². The van der Waals surface area contributed by atoms with Gasteiger partial charge in [-0.15, -0.1) is 0 Å². The third kappa shape index (κ3) is 5.59. The maximum atomic E-state index is 11.7. The lowest BCUT2D eigenvalue weighted by Crippen LogP contribution is -2.34. The topological polar surface area (TPSA) is 58.6 Å². The summed E-state index contributed by atoms with van der Waals surface area (Å²) < 4.78 is 4.84. The average molecular weight is 299 g/mol. The number of carbonyl (C=O) groups excluding carboxylic acids is 2. The quantitative estimate of drug-likeness (QED) is 0.782. The molecule has 1 rings (SSSR count). The summed E-state index contributed by atoms with van der Waals surface area (Å²) in [5.41, 5.74) is 0.690. The molecule has 0 unspecified atom stereocenters. The van der Waals surface area contributed by atoms with E-state index >= 15 is 0 Å². The first kappa shape index (κ1) is 16.5. The van der Waals surface area contributed by atoms with Gasteiger partial charge in [0.15, 0.2) is 0 Å². The van der Waals surface area contributed by atoms with Crippen LogP contribution in [-0.2, 0) is 14.3 Å². The van der Waals surface area contributed by atoms with Gasteiger partial charge in [0.25, 0.3) is 0 Å². The summed E-state index contributed by atoms with van der Waals surface area (Å²) >= 11 is 5.91. The van der Waals surface area contributed by atoms with Crippen LogP contribution < -0.4 is 10.2 Å². The van der Waals surface area contributed by atoms with E-state index in [1.807, 2.05) is 0 Å². The Morgan fingerprint density at radius 1 is 1.40 bits per heavy atom. The maximum Gasteiger partial charge on any atom is 0.223 e. The summed E-state index contributed by atoms with van der Waals surface area (Å²) in [5, 5.41) is 3.27. The Hall–Kier alpha value is -1.59. The number of benzene rings is 1. The molecule has 0 aliphatic rings. The second kappa shape index (κ2) is 8.55. The minimum atomic E-state index is -0.128. The molecule has 0 saturated heterocycles. The van der Waals surface area contributed by atoms with Gasteiger partial charge in [0.05, 0.1) is 6.61 Å². The second-order valence-electron chi connectivity index (χ2n) is 4.24. The molecule has 0 fully saturated rings. The summed E-state index contributed by atoms with van der Waals surface area (Å²) in [6, 6.07) is 7.00. The molecule has 0 heterocycles. The van der Waals surface area contributed by atoms with Crippen molar-refractivity contribution in [2.24, 2.45) is 0 Å². The number of rotatable bonds is 7. The predicted molar refractivity (Wildman–Crippen MR) is 79.0 cm³/mol. The summed E-state index contributed by atoms with van der Waals surface area (Å²) in [7, 11) is 1.57. The van der Waals surface area contributed by atoms with Gasteiger partial charge in [-0.2, -0.15) is 0 Å². The minimum Gasteiger partial charge on any atom is -0.383 e. The van der Waals surface area contributed by atoms with Gasteiger partial charge in [-0.25, -0.2) is 0 Å². The molecule has 0 bridgehead atoms. The number of anilines is 1. The fourth-order valence-corrected chi connectivity index (χ4v) is 1.89. The predicted octanol–water partition coefficient (Wildman–Crippen LogP) is 1.85. The standard InChI is InChI=1S/C14H19ClN2O3/c1-11(18)17(13-5-3-4-12(15)10-13)8-6-14(19)16-7-9-20-2/h3-5,10H,6-9H2,1-2H3,(H,16,19). The second-order valence-corrected chi connectivity index (χ2v) is 4.68. The normalized spacial score (nSPS) is 10.2. The smallest absolute Gasteiger partial charge is 0.223 e. The number of methoxy groups -OCH3 is 1. The van der Waals surface area contributed by atoms with Gasteiger partial charge in [0.2, 0.25) is 11.8 Å². The molecule has 1 N–H and O–H groups in total. The fraction of sp³-hybridized carbons (Fsp3) is 0.429. The number of nitrogens with one attached hydrogen (secondary N) is 1. The molecular formula is C14H19ClN2O3. The molecule has 5 nitrogen and oxygen atoms in total. The van der Waals surface area contributed by atoms with Gasteiger partial charge in [-0.1, -0.05) is 17.7 Å². The van der Waals surface area contributed by atoms with Crippen molar-refractivity contribution in [3.05, 3.63) is 29.3 Å². The van der Waals surface area contributed by atoms with Crippen LogP contribution in [-0.4, -0.2) is 38.6 Å². The monoisotopic (exact) mass is 298 g/mol. The van der Waals surface area contributed by atoms with E-state index in [0.29, 0.717) is 30.4 Å². The number of hydrogen-bond acceptors (Lipinski definition) is 3.